The molecule has 2 N–H and O–H groups in total. The molecule has 1 unspecified atom stereocenters. The minimum Gasteiger partial charge on any atom is -0.363 e. The summed E-state index contributed by atoms with van der Waals surface area (Å²) in [6.45, 7) is 3.21. The molecule has 2 fully saturated rings. The molecule has 0 amide bonds. The zero-order valence-corrected chi connectivity index (χ0v) is 6.83. The summed E-state index contributed by atoms with van der Waals surface area (Å²) in [6, 6.07) is 0.436. The van der Waals surface area contributed by atoms with Gasteiger partial charge in [0.25, 0.3) is 0 Å². The molecule has 2 heterocycles. The van der Waals surface area contributed by atoms with Gasteiger partial charge in [-0.15, -0.1) is 0 Å². The van der Waals surface area contributed by atoms with Crippen LogP contribution in [0, 0.1) is 0 Å². The first-order chi connectivity index (χ1) is 5.36. The van der Waals surface area contributed by atoms with Crippen LogP contribution in [0.1, 0.15) is 19.3 Å². The summed E-state index contributed by atoms with van der Waals surface area (Å²) < 4.78 is 5.39. The van der Waals surface area contributed by atoms with E-state index in [1.54, 1.807) is 0 Å². The first kappa shape index (κ1) is 7.53. The van der Waals surface area contributed by atoms with Crippen LogP contribution in [-0.2, 0) is 4.74 Å². The average Bonchev–Trinajstić information content (AvgIpc) is 1.90. The van der Waals surface area contributed by atoms with Crippen molar-refractivity contribution in [2.24, 2.45) is 5.73 Å². The Morgan fingerprint density at radius 2 is 1.82 bits per heavy atom. The van der Waals surface area contributed by atoms with Crippen molar-refractivity contribution >= 4 is 0 Å². The Kier molecular flexibility index (Phi) is 2.11. The highest BCUT2D eigenvalue weighted by molar-refractivity contribution is 4.78. The minimum atomic E-state index is 0.433. The molecule has 0 aromatic heterocycles. The van der Waals surface area contributed by atoms with Gasteiger partial charge in [-0.3, -0.25) is 4.90 Å². The quantitative estimate of drug-likeness (QED) is 0.587. The highest BCUT2D eigenvalue weighted by atomic mass is 16.5. The Labute approximate surface area is 67.5 Å². The fourth-order valence-electron chi connectivity index (χ4n) is 1.72. The SMILES string of the molecule is NC1CCN(C2CCO2)CC1. The third-order valence-corrected chi connectivity index (χ3v) is 2.66. The van der Waals surface area contributed by atoms with Crippen LogP contribution in [0.4, 0.5) is 0 Å². The summed E-state index contributed by atoms with van der Waals surface area (Å²) in [5.41, 5.74) is 5.79. The van der Waals surface area contributed by atoms with Crippen LogP contribution in [0.5, 0.6) is 0 Å². The Morgan fingerprint density at radius 1 is 1.18 bits per heavy atom. The second-order valence-electron chi connectivity index (χ2n) is 3.49. The van der Waals surface area contributed by atoms with E-state index < -0.39 is 0 Å². The van der Waals surface area contributed by atoms with E-state index in [9.17, 15) is 0 Å². The zero-order valence-electron chi connectivity index (χ0n) is 6.83. The lowest BCUT2D eigenvalue weighted by molar-refractivity contribution is -0.149. The van der Waals surface area contributed by atoms with E-state index in [0.717, 1.165) is 32.5 Å². The third-order valence-electron chi connectivity index (χ3n) is 2.66. The number of nitrogens with zero attached hydrogens (tertiary/aromatic N) is 1. The van der Waals surface area contributed by atoms with Gasteiger partial charge >= 0.3 is 0 Å². The normalized spacial score (nSPS) is 35.2. The van der Waals surface area contributed by atoms with Crippen molar-refractivity contribution < 1.29 is 4.74 Å². The van der Waals surface area contributed by atoms with Gasteiger partial charge in [-0.05, 0) is 12.8 Å². The fourth-order valence-corrected chi connectivity index (χ4v) is 1.72. The van der Waals surface area contributed by atoms with E-state index in [-0.39, 0.29) is 0 Å². The van der Waals surface area contributed by atoms with Crippen LogP contribution in [-0.4, -0.2) is 36.9 Å². The van der Waals surface area contributed by atoms with Crippen LogP contribution in [0.3, 0.4) is 0 Å². The Bertz CT molecular complexity index is 128. The maximum absolute atomic E-state index is 5.79. The van der Waals surface area contributed by atoms with Crippen molar-refractivity contribution in [3.63, 3.8) is 0 Å². The average molecular weight is 156 g/mol. The largest absolute Gasteiger partial charge is 0.363 e. The molecule has 2 saturated heterocycles. The molecule has 0 aromatic carbocycles. The van der Waals surface area contributed by atoms with Crippen LogP contribution in [0.15, 0.2) is 0 Å². The Morgan fingerprint density at radius 3 is 2.27 bits per heavy atom. The van der Waals surface area contributed by atoms with Crippen LogP contribution < -0.4 is 5.73 Å². The lowest BCUT2D eigenvalue weighted by Crippen LogP contribution is -2.50. The number of piperidine rings is 1. The summed E-state index contributed by atoms with van der Waals surface area (Å²) in [5, 5.41) is 0. The van der Waals surface area contributed by atoms with E-state index in [1.807, 2.05) is 0 Å². The van der Waals surface area contributed by atoms with Gasteiger partial charge in [-0.25, -0.2) is 0 Å². The number of nitrogens with two attached hydrogens (primary N) is 1. The van der Waals surface area contributed by atoms with E-state index in [1.165, 1.54) is 6.42 Å². The van der Waals surface area contributed by atoms with Gasteiger partial charge in [0.2, 0.25) is 0 Å². The van der Waals surface area contributed by atoms with Gasteiger partial charge in [-0.2, -0.15) is 0 Å². The molecule has 0 aliphatic carbocycles. The Balaban J connectivity index is 1.77. The molecule has 3 nitrogen and oxygen atoms in total. The van der Waals surface area contributed by atoms with Crippen LogP contribution in [0.25, 0.3) is 0 Å². The summed E-state index contributed by atoms with van der Waals surface area (Å²) in [4.78, 5) is 2.41. The lowest BCUT2D eigenvalue weighted by Gasteiger charge is -2.40. The first-order valence-corrected chi connectivity index (χ1v) is 4.47. The molecule has 0 aromatic rings. The third kappa shape index (κ3) is 1.55. The van der Waals surface area contributed by atoms with Gasteiger partial charge in [-0.1, -0.05) is 0 Å². The lowest BCUT2D eigenvalue weighted by atomic mass is 10.1. The maximum Gasteiger partial charge on any atom is 0.112 e. The predicted molar refractivity (Wildman–Crippen MR) is 43.1 cm³/mol. The molecule has 2 aliphatic rings. The molecule has 2 aliphatic heterocycles. The molecule has 2 rings (SSSR count). The van der Waals surface area contributed by atoms with E-state index in [0.29, 0.717) is 12.3 Å². The second kappa shape index (κ2) is 3.09. The van der Waals surface area contributed by atoms with Gasteiger partial charge in [0.15, 0.2) is 0 Å². The number of likely N-dealkylation sites (tertiary alicyclic amines) is 1. The Hall–Kier alpha value is -0.120. The number of hydrogen-bond donors (Lipinski definition) is 1. The zero-order chi connectivity index (χ0) is 7.68. The van der Waals surface area contributed by atoms with Crippen LogP contribution >= 0.6 is 0 Å². The number of ether oxygens (including phenoxy) is 1. The van der Waals surface area contributed by atoms with E-state index >= 15 is 0 Å². The summed E-state index contributed by atoms with van der Waals surface area (Å²) in [7, 11) is 0. The molecular formula is C8H16N2O. The smallest absolute Gasteiger partial charge is 0.112 e. The second-order valence-corrected chi connectivity index (χ2v) is 3.49. The van der Waals surface area contributed by atoms with Gasteiger partial charge in [0.05, 0.1) is 6.61 Å². The topological polar surface area (TPSA) is 38.5 Å². The molecule has 1 atom stereocenters. The monoisotopic (exact) mass is 156 g/mol. The van der Waals surface area contributed by atoms with Crippen LogP contribution in [0.2, 0.25) is 0 Å². The predicted octanol–water partition coefficient (Wildman–Crippen LogP) is 0.156. The van der Waals surface area contributed by atoms with Crippen molar-refractivity contribution in [2.75, 3.05) is 19.7 Å². The first-order valence-electron chi connectivity index (χ1n) is 4.47. The minimum absolute atomic E-state index is 0.433. The molecular weight excluding hydrogens is 140 g/mol. The van der Waals surface area contributed by atoms with Gasteiger partial charge in [0.1, 0.15) is 6.23 Å². The standard InChI is InChI=1S/C8H16N2O/c9-7-1-4-10(5-2-7)8-3-6-11-8/h7-8H,1-6,9H2. The molecule has 0 radical (unpaired) electrons. The summed E-state index contributed by atoms with van der Waals surface area (Å²) >= 11 is 0. The molecule has 0 saturated carbocycles. The molecule has 0 spiro atoms. The van der Waals surface area contributed by atoms with E-state index in [2.05, 4.69) is 4.90 Å². The van der Waals surface area contributed by atoms with Crippen molar-refractivity contribution in [3.8, 4) is 0 Å². The maximum atomic E-state index is 5.79. The van der Waals surface area contributed by atoms with Gasteiger partial charge in [0, 0.05) is 25.6 Å². The highest BCUT2D eigenvalue weighted by Crippen LogP contribution is 2.20. The fraction of sp³-hybridized carbons (Fsp3) is 1.00. The molecule has 11 heavy (non-hydrogen) atoms. The van der Waals surface area contributed by atoms with E-state index in [4.69, 9.17) is 10.5 Å². The number of rotatable bonds is 1. The van der Waals surface area contributed by atoms with Crippen molar-refractivity contribution in [1.29, 1.82) is 0 Å². The van der Waals surface area contributed by atoms with Crippen molar-refractivity contribution in [2.45, 2.75) is 31.5 Å². The summed E-state index contributed by atoms with van der Waals surface area (Å²) in [5.74, 6) is 0. The highest BCUT2D eigenvalue weighted by Gasteiger charge is 2.28. The van der Waals surface area contributed by atoms with Crippen molar-refractivity contribution in [3.05, 3.63) is 0 Å². The molecule has 64 valence electrons. The van der Waals surface area contributed by atoms with Gasteiger partial charge < -0.3 is 10.5 Å². The number of hydrogen-bond acceptors (Lipinski definition) is 3. The summed E-state index contributed by atoms with van der Waals surface area (Å²) in [6.07, 6.45) is 3.93. The molecule has 3 heteroatoms. The molecule has 0 bridgehead atoms. The van der Waals surface area contributed by atoms with Crippen molar-refractivity contribution in [1.82, 2.24) is 4.90 Å².